The van der Waals surface area contributed by atoms with Crippen LogP contribution in [0.5, 0.6) is 0 Å². The Labute approximate surface area is 128 Å². The Kier molecular flexibility index (Phi) is 3.70. The van der Waals surface area contributed by atoms with Crippen molar-refractivity contribution in [1.29, 1.82) is 0 Å². The number of rotatable bonds is 4. The molecule has 3 rings (SSSR count). The third-order valence-electron chi connectivity index (χ3n) is 3.41. The van der Waals surface area contributed by atoms with Crippen LogP contribution < -0.4 is 5.43 Å². The molecule has 0 saturated carbocycles. The number of nitrogens with one attached hydrogen (secondary N) is 1. The predicted octanol–water partition coefficient (Wildman–Crippen LogP) is 2.77. The Morgan fingerprint density at radius 3 is 2.09 bits per heavy atom. The molecule has 5 heteroatoms. The second kappa shape index (κ2) is 5.81. The average Bonchev–Trinajstić information content (AvgIpc) is 2.79. The standard InChI is InChI=1S/C17H15N3O2/c1-12(18-19-13-7-3-2-4-8-13)11-20-16(21)14-9-5-6-10-15(14)17(20)22/h2-10,19H,11H2,1H3/b18-12+. The summed E-state index contributed by atoms with van der Waals surface area (Å²) in [5.41, 5.74) is 5.32. The Hall–Kier alpha value is -2.95. The highest BCUT2D eigenvalue weighted by Crippen LogP contribution is 2.22. The minimum Gasteiger partial charge on any atom is -0.279 e. The summed E-state index contributed by atoms with van der Waals surface area (Å²) in [7, 11) is 0. The first kappa shape index (κ1) is 14.0. The highest BCUT2D eigenvalue weighted by Gasteiger charge is 2.35. The van der Waals surface area contributed by atoms with Gasteiger partial charge in [-0.25, -0.2) is 0 Å². The van der Waals surface area contributed by atoms with Crippen LogP contribution in [-0.2, 0) is 0 Å². The third kappa shape index (κ3) is 2.61. The van der Waals surface area contributed by atoms with E-state index in [0.29, 0.717) is 16.8 Å². The number of carbonyl (C=O) groups is 2. The lowest BCUT2D eigenvalue weighted by Gasteiger charge is -2.13. The molecule has 110 valence electrons. The van der Waals surface area contributed by atoms with Gasteiger partial charge in [0.1, 0.15) is 0 Å². The summed E-state index contributed by atoms with van der Waals surface area (Å²) in [6.07, 6.45) is 0. The maximum Gasteiger partial charge on any atom is 0.261 e. The van der Waals surface area contributed by atoms with Crippen LogP contribution in [0.2, 0.25) is 0 Å². The van der Waals surface area contributed by atoms with Gasteiger partial charge in [0.15, 0.2) is 0 Å². The zero-order valence-electron chi connectivity index (χ0n) is 12.1. The molecule has 1 heterocycles. The summed E-state index contributed by atoms with van der Waals surface area (Å²) in [5, 5.41) is 4.21. The molecule has 0 fully saturated rings. The molecule has 0 aliphatic carbocycles. The second-order valence-electron chi connectivity index (χ2n) is 5.07. The van der Waals surface area contributed by atoms with Crippen molar-refractivity contribution < 1.29 is 9.59 Å². The molecule has 2 aromatic rings. The van der Waals surface area contributed by atoms with E-state index >= 15 is 0 Å². The van der Waals surface area contributed by atoms with Gasteiger partial charge in [0, 0.05) is 0 Å². The first-order valence-corrected chi connectivity index (χ1v) is 6.96. The van der Waals surface area contributed by atoms with Crippen molar-refractivity contribution in [3.8, 4) is 0 Å². The molecule has 2 amide bonds. The Balaban J connectivity index is 1.71. The highest BCUT2D eigenvalue weighted by atomic mass is 16.2. The van der Waals surface area contributed by atoms with Crippen LogP contribution in [0.15, 0.2) is 59.7 Å². The molecule has 2 aromatic carbocycles. The van der Waals surface area contributed by atoms with Gasteiger partial charge in [0.25, 0.3) is 11.8 Å². The van der Waals surface area contributed by atoms with E-state index in [-0.39, 0.29) is 18.4 Å². The van der Waals surface area contributed by atoms with Gasteiger partial charge in [-0.3, -0.25) is 19.9 Å². The third-order valence-corrected chi connectivity index (χ3v) is 3.41. The van der Waals surface area contributed by atoms with Crippen molar-refractivity contribution in [1.82, 2.24) is 4.90 Å². The van der Waals surface area contributed by atoms with Gasteiger partial charge in [0.2, 0.25) is 0 Å². The summed E-state index contributed by atoms with van der Waals surface area (Å²) in [6.45, 7) is 1.95. The number of benzene rings is 2. The van der Waals surface area contributed by atoms with Crippen LogP contribution >= 0.6 is 0 Å². The molecule has 1 aliphatic heterocycles. The fourth-order valence-corrected chi connectivity index (χ4v) is 2.32. The van der Waals surface area contributed by atoms with Gasteiger partial charge in [-0.1, -0.05) is 30.3 Å². The number of hydrazone groups is 1. The molecule has 0 bridgehead atoms. The van der Waals surface area contributed by atoms with Crippen molar-refractivity contribution in [2.75, 3.05) is 12.0 Å². The maximum atomic E-state index is 12.2. The number of fused-ring (bicyclic) bond motifs is 1. The van der Waals surface area contributed by atoms with E-state index in [2.05, 4.69) is 10.5 Å². The van der Waals surface area contributed by atoms with E-state index in [0.717, 1.165) is 5.69 Å². The second-order valence-corrected chi connectivity index (χ2v) is 5.07. The van der Waals surface area contributed by atoms with E-state index in [1.165, 1.54) is 4.90 Å². The van der Waals surface area contributed by atoms with Crippen molar-refractivity contribution in [3.63, 3.8) is 0 Å². The van der Waals surface area contributed by atoms with Gasteiger partial charge in [-0.2, -0.15) is 5.10 Å². The first-order chi connectivity index (χ1) is 10.7. The summed E-state index contributed by atoms with van der Waals surface area (Å²) < 4.78 is 0. The largest absolute Gasteiger partial charge is 0.279 e. The molecule has 0 unspecified atom stereocenters. The number of hydrogen-bond donors (Lipinski definition) is 1. The van der Waals surface area contributed by atoms with Crippen LogP contribution in [0.4, 0.5) is 5.69 Å². The summed E-state index contributed by atoms with van der Waals surface area (Å²) >= 11 is 0. The smallest absolute Gasteiger partial charge is 0.261 e. The fourth-order valence-electron chi connectivity index (χ4n) is 2.32. The zero-order valence-corrected chi connectivity index (χ0v) is 12.1. The number of nitrogens with zero attached hydrogens (tertiary/aromatic N) is 2. The molecule has 5 nitrogen and oxygen atoms in total. The predicted molar refractivity (Wildman–Crippen MR) is 85.0 cm³/mol. The molecule has 22 heavy (non-hydrogen) atoms. The van der Waals surface area contributed by atoms with Crippen LogP contribution in [0.3, 0.4) is 0 Å². The molecule has 0 atom stereocenters. The molecule has 0 radical (unpaired) electrons. The van der Waals surface area contributed by atoms with E-state index in [9.17, 15) is 9.59 Å². The van der Waals surface area contributed by atoms with Gasteiger partial charge in [-0.15, -0.1) is 0 Å². The van der Waals surface area contributed by atoms with E-state index in [4.69, 9.17) is 0 Å². The lowest BCUT2D eigenvalue weighted by molar-refractivity contribution is 0.0677. The van der Waals surface area contributed by atoms with Crippen LogP contribution in [-0.4, -0.2) is 29.0 Å². The SMILES string of the molecule is C/C(CN1C(=O)c2ccccc2C1=O)=N\Nc1ccccc1. The van der Waals surface area contributed by atoms with Crippen molar-refractivity contribution in [2.45, 2.75) is 6.92 Å². The van der Waals surface area contributed by atoms with Gasteiger partial charge in [0.05, 0.1) is 29.1 Å². The fraction of sp³-hybridized carbons (Fsp3) is 0.118. The van der Waals surface area contributed by atoms with Crippen molar-refractivity contribution in [2.24, 2.45) is 5.10 Å². The molecule has 1 N–H and O–H groups in total. The quantitative estimate of drug-likeness (QED) is 0.535. The van der Waals surface area contributed by atoms with Crippen molar-refractivity contribution >= 4 is 23.2 Å². The number of carbonyl (C=O) groups excluding carboxylic acids is 2. The topological polar surface area (TPSA) is 61.8 Å². The lowest BCUT2D eigenvalue weighted by Crippen LogP contribution is -2.34. The van der Waals surface area contributed by atoms with E-state index in [1.807, 2.05) is 30.3 Å². The van der Waals surface area contributed by atoms with Crippen LogP contribution in [0, 0.1) is 0 Å². The number of imide groups is 1. The number of anilines is 1. The van der Waals surface area contributed by atoms with Gasteiger partial charge >= 0.3 is 0 Å². The summed E-state index contributed by atoms with van der Waals surface area (Å²) in [6, 6.07) is 16.3. The number of para-hydroxylation sites is 1. The number of amides is 2. The lowest BCUT2D eigenvalue weighted by atomic mass is 10.1. The average molecular weight is 293 g/mol. The maximum absolute atomic E-state index is 12.2. The summed E-state index contributed by atoms with van der Waals surface area (Å²) in [4.78, 5) is 25.7. The van der Waals surface area contributed by atoms with Crippen LogP contribution in [0.25, 0.3) is 0 Å². The number of hydrogen-bond acceptors (Lipinski definition) is 4. The van der Waals surface area contributed by atoms with E-state index < -0.39 is 0 Å². The molecule has 0 aromatic heterocycles. The van der Waals surface area contributed by atoms with E-state index in [1.54, 1.807) is 31.2 Å². The first-order valence-electron chi connectivity index (χ1n) is 6.96. The Bertz CT molecular complexity index is 719. The van der Waals surface area contributed by atoms with Crippen molar-refractivity contribution in [3.05, 3.63) is 65.7 Å². The minimum absolute atomic E-state index is 0.173. The molecular formula is C17H15N3O2. The molecule has 1 aliphatic rings. The van der Waals surface area contributed by atoms with Crippen LogP contribution in [0.1, 0.15) is 27.6 Å². The van der Waals surface area contributed by atoms with Gasteiger partial charge < -0.3 is 0 Å². The molecule has 0 saturated heterocycles. The highest BCUT2D eigenvalue weighted by molar-refractivity contribution is 6.22. The monoisotopic (exact) mass is 293 g/mol. The Morgan fingerprint density at radius 2 is 1.50 bits per heavy atom. The summed E-state index contributed by atoms with van der Waals surface area (Å²) in [5.74, 6) is -0.537. The molecular weight excluding hydrogens is 278 g/mol. The Morgan fingerprint density at radius 1 is 0.955 bits per heavy atom. The molecule has 0 spiro atoms. The minimum atomic E-state index is -0.269. The van der Waals surface area contributed by atoms with Gasteiger partial charge in [-0.05, 0) is 31.2 Å². The normalized spacial score (nSPS) is 14.2. The zero-order chi connectivity index (χ0) is 15.5.